The second-order valence-corrected chi connectivity index (χ2v) is 5.83. The minimum atomic E-state index is -0.610. The van der Waals surface area contributed by atoms with Gasteiger partial charge in [0.2, 0.25) is 5.91 Å². The highest BCUT2D eigenvalue weighted by molar-refractivity contribution is 6.32. The molecule has 0 radical (unpaired) electrons. The lowest BCUT2D eigenvalue weighted by molar-refractivity contribution is -0.126. The van der Waals surface area contributed by atoms with Gasteiger partial charge in [0, 0.05) is 10.7 Å². The summed E-state index contributed by atoms with van der Waals surface area (Å²) in [7, 11) is 1.54. The first kappa shape index (κ1) is 15.2. The highest BCUT2D eigenvalue weighted by Crippen LogP contribution is 2.42. The van der Waals surface area contributed by atoms with Crippen LogP contribution in [0.25, 0.3) is 0 Å². The molecule has 4 nitrogen and oxygen atoms in total. The molecule has 0 saturated carbocycles. The molecule has 2 aromatic carbocycles. The number of anilines is 1. The van der Waals surface area contributed by atoms with Crippen LogP contribution in [-0.2, 0) is 4.79 Å². The molecule has 114 valence electrons. The molecular weight excluding hydrogens is 323 g/mol. The average molecular weight is 337 g/mol. The van der Waals surface area contributed by atoms with E-state index >= 15 is 0 Å². The molecule has 1 aliphatic heterocycles. The second-order valence-electron chi connectivity index (χ2n) is 5.02. The van der Waals surface area contributed by atoms with E-state index in [1.807, 2.05) is 18.2 Å². The maximum Gasteiger partial charge on any atom is 0.247 e. The number of ether oxygens (including phenoxy) is 1. The quantitative estimate of drug-likeness (QED) is 0.873. The third kappa shape index (κ3) is 2.33. The Bertz CT molecular complexity index is 736. The third-order valence-corrected chi connectivity index (χ3v) is 4.42. The van der Waals surface area contributed by atoms with Crippen molar-refractivity contribution in [3.8, 4) is 5.75 Å². The summed E-state index contributed by atoms with van der Waals surface area (Å²) in [5.41, 5.74) is 7.47. The summed E-state index contributed by atoms with van der Waals surface area (Å²) in [6, 6.07) is 11.6. The number of amides is 1. The van der Waals surface area contributed by atoms with Crippen molar-refractivity contribution in [2.24, 2.45) is 5.73 Å². The molecule has 0 unspecified atom stereocenters. The van der Waals surface area contributed by atoms with Crippen molar-refractivity contribution < 1.29 is 9.53 Å². The Balaban J connectivity index is 2.00. The van der Waals surface area contributed by atoms with Crippen LogP contribution < -0.4 is 15.4 Å². The Kier molecular flexibility index (Phi) is 4.00. The summed E-state index contributed by atoms with van der Waals surface area (Å²) in [6.07, 6.45) is 0. The van der Waals surface area contributed by atoms with Gasteiger partial charge in [-0.15, -0.1) is 0 Å². The van der Waals surface area contributed by atoms with Crippen LogP contribution in [0.3, 0.4) is 0 Å². The van der Waals surface area contributed by atoms with Gasteiger partial charge in [-0.25, -0.2) is 0 Å². The van der Waals surface area contributed by atoms with Gasteiger partial charge < -0.3 is 15.4 Å². The lowest BCUT2D eigenvalue weighted by Crippen LogP contribution is -2.63. The molecule has 1 saturated heterocycles. The second kappa shape index (κ2) is 5.80. The molecule has 6 heteroatoms. The van der Waals surface area contributed by atoms with Crippen molar-refractivity contribution in [1.29, 1.82) is 0 Å². The van der Waals surface area contributed by atoms with Crippen LogP contribution in [0.2, 0.25) is 10.0 Å². The Morgan fingerprint density at radius 1 is 1.14 bits per heavy atom. The molecule has 3 rings (SSSR count). The molecule has 0 bridgehead atoms. The van der Waals surface area contributed by atoms with Gasteiger partial charge >= 0.3 is 0 Å². The largest absolute Gasteiger partial charge is 0.495 e. The third-order valence-electron chi connectivity index (χ3n) is 3.78. The summed E-state index contributed by atoms with van der Waals surface area (Å²) < 4.78 is 5.13. The molecule has 2 atom stereocenters. The lowest BCUT2D eigenvalue weighted by Gasteiger charge is -2.46. The van der Waals surface area contributed by atoms with E-state index in [-0.39, 0.29) is 11.9 Å². The number of carbonyl (C=O) groups excluding carboxylic acids is 1. The normalized spacial score (nSPS) is 20.7. The fourth-order valence-electron chi connectivity index (χ4n) is 2.65. The van der Waals surface area contributed by atoms with E-state index in [1.165, 1.54) is 7.11 Å². The SMILES string of the molecule is COc1ccc(N2C(=O)[C@@H](N)[C@@H]2c2ccccc2Cl)cc1Cl. The topological polar surface area (TPSA) is 55.6 Å². The van der Waals surface area contributed by atoms with Gasteiger partial charge in [-0.3, -0.25) is 4.79 Å². The molecule has 1 aliphatic rings. The smallest absolute Gasteiger partial charge is 0.247 e. The number of benzene rings is 2. The number of nitrogens with two attached hydrogens (primary N) is 1. The molecule has 0 spiro atoms. The van der Waals surface area contributed by atoms with E-state index in [2.05, 4.69) is 0 Å². The first-order chi connectivity index (χ1) is 10.5. The minimum Gasteiger partial charge on any atom is -0.495 e. The van der Waals surface area contributed by atoms with E-state index in [0.29, 0.717) is 21.5 Å². The van der Waals surface area contributed by atoms with Gasteiger partial charge in [-0.1, -0.05) is 41.4 Å². The summed E-state index contributed by atoms with van der Waals surface area (Å²) in [6.45, 7) is 0. The van der Waals surface area contributed by atoms with E-state index in [1.54, 1.807) is 29.2 Å². The molecule has 1 heterocycles. The maximum absolute atomic E-state index is 12.2. The van der Waals surface area contributed by atoms with Crippen LogP contribution in [0.5, 0.6) is 5.75 Å². The van der Waals surface area contributed by atoms with Crippen molar-refractivity contribution in [1.82, 2.24) is 0 Å². The summed E-state index contributed by atoms with van der Waals surface area (Å²) in [5, 5.41) is 1.02. The number of hydrogen-bond donors (Lipinski definition) is 1. The van der Waals surface area contributed by atoms with Gasteiger partial charge in [0.25, 0.3) is 0 Å². The molecule has 1 fully saturated rings. The molecule has 22 heavy (non-hydrogen) atoms. The number of halogens is 2. The van der Waals surface area contributed by atoms with Gasteiger partial charge in [-0.2, -0.15) is 0 Å². The van der Waals surface area contributed by atoms with Crippen LogP contribution in [0.1, 0.15) is 11.6 Å². The van der Waals surface area contributed by atoms with E-state index in [0.717, 1.165) is 5.56 Å². The van der Waals surface area contributed by atoms with Crippen LogP contribution in [0.15, 0.2) is 42.5 Å². The summed E-state index contributed by atoms with van der Waals surface area (Å²) in [4.78, 5) is 13.8. The number of methoxy groups -OCH3 is 1. The van der Waals surface area contributed by atoms with Crippen molar-refractivity contribution in [3.63, 3.8) is 0 Å². The van der Waals surface area contributed by atoms with Crippen molar-refractivity contribution >= 4 is 34.8 Å². The van der Waals surface area contributed by atoms with Crippen molar-refractivity contribution in [3.05, 3.63) is 58.1 Å². The summed E-state index contributed by atoms with van der Waals surface area (Å²) in [5.74, 6) is 0.392. The maximum atomic E-state index is 12.2. The molecular formula is C16H14Cl2N2O2. The first-order valence-corrected chi connectivity index (χ1v) is 7.47. The zero-order valence-corrected chi connectivity index (χ0v) is 13.3. The van der Waals surface area contributed by atoms with Crippen LogP contribution >= 0.6 is 23.2 Å². The standard InChI is InChI=1S/C16H14Cl2N2O2/c1-22-13-7-6-9(8-12(13)18)20-15(14(19)16(20)21)10-4-2-3-5-11(10)17/h2-8,14-15H,19H2,1H3/t14-,15-/m0/s1. The molecule has 0 aliphatic carbocycles. The molecule has 2 aromatic rings. The Hall–Kier alpha value is -1.75. The lowest BCUT2D eigenvalue weighted by atomic mass is 9.88. The fourth-order valence-corrected chi connectivity index (χ4v) is 3.15. The highest BCUT2D eigenvalue weighted by Gasteiger charge is 2.47. The number of hydrogen-bond acceptors (Lipinski definition) is 3. The van der Waals surface area contributed by atoms with Crippen LogP contribution in [-0.4, -0.2) is 19.1 Å². The molecule has 1 amide bonds. The number of carbonyl (C=O) groups is 1. The van der Waals surface area contributed by atoms with Crippen LogP contribution in [0, 0.1) is 0 Å². The highest BCUT2D eigenvalue weighted by atomic mass is 35.5. The summed E-state index contributed by atoms with van der Waals surface area (Å²) >= 11 is 12.4. The van der Waals surface area contributed by atoms with E-state index in [4.69, 9.17) is 33.7 Å². The fraction of sp³-hybridized carbons (Fsp3) is 0.188. The molecule has 0 aromatic heterocycles. The minimum absolute atomic E-state index is 0.161. The monoisotopic (exact) mass is 336 g/mol. The Morgan fingerprint density at radius 2 is 1.86 bits per heavy atom. The van der Waals surface area contributed by atoms with Crippen molar-refractivity contribution in [2.45, 2.75) is 12.1 Å². The predicted molar refractivity (Wildman–Crippen MR) is 87.7 cm³/mol. The number of nitrogens with zero attached hydrogens (tertiary/aromatic N) is 1. The van der Waals surface area contributed by atoms with E-state index < -0.39 is 6.04 Å². The first-order valence-electron chi connectivity index (χ1n) is 6.71. The number of rotatable bonds is 3. The van der Waals surface area contributed by atoms with Gasteiger partial charge in [-0.05, 0) is 29.8 Å². The number of β-lactam (4-membered cyclic amide) rings is 1. The predicted octanol–water partition coefficient (Wildman–Crippen LogP) is 3.42. The van der Waals surface area contributed by atoms with Gasteiger partial charge in [0.05, 0.1) is 18.2 Å². The van der Waals surface area contributed by atoms with E-state index in [9.17, 15) is 4.79 Å². The zero-order chi connectivity index (χ0) is 15.9. The molecule has 2 N–H and O–H groups in total. The Labute approximate surface area is 138 Å². The zero-order valence-electron chi connectivity index (χ0n) is 11.8. The average Bonchev–Trinajstić information content (AvgIpc) is 2.52. The van der Waals surface area contributed by atoms with Crippen molar-refractivity contribution in [2.75, 3.05) is 12.0 Å². The van der Waals surface area contributed by atoms with Gasteiger partial charge in [0.1, 0.15) is 11.8 Å². The van der Waals surface area contributed by atoms with Gasteiger partial charge in [0.15, 0.2) is 0 Å². The van der Waals surface area contributed by atoms with Crippen LogP contribution in [0.4, 0.5) is 5.69 Å². The Morgan fingerprint density at radius 3 is 2.50 bits per heavy atom.